The maximum absolute atomic E-state index is 11.3. The van der Waals surface area contributed by atoms with Crippen LogP contribution in [0.15, 0.2) is 0 Å². The molecule has 96 valence electrons. The molecule has 1 saturated heterocycles. The third-order valence-electron chi connectivity index (χ3n) is 2.27. The number of rotatable bonds is 6. The van der Waals surface area contributed by atoms with Gasteiger partial charge in [0.2, 0.25) is 11.8 Å². The van der Waals surface area contributed by atoms with E-state index >= 15 is 0 Å². The molecular weight excluding hydrogens is 226 g/mol. The molecule has 7 heteroatoms. The lowest BCUT2D eigenvalue weighted by Gasteiger charge is -2.12. The maximum atomic E-state index is 11.3. The minimum atomic E-state index is -0.365. The topological polar surface area (TPSA) is 87.7 Å². The molecule has 0 unspecified atom stereocenters. The Bertz CT molecular complexity index is 306. The van der Waals surface area contributed by atoms with Gasteiger partial charge >= 0.3 is 6.09 Å². The first-order chi connectivity index (χ1) is 8.09. The van der Waals surface area contributed by atoms with Crippen LogP contribution < -0.4 is 10.6 Å². The fourth-order valence-corrected chi connectivity index (χ4v) is 1.39. The zero-order chi connectivity index (χ0) is 12.7. The molecule has 0 bridgehead atoms. The first-order valence-corrected chi connectivity index (χ1v) is 5.52. The van der Waals surface area contributed by atoms with Crippen LogP contribution in [-0.2, 0) is 14.3 Å². The molecule has 2 N–H and O–H groups in total. The highest BCUT2D eigenvalue weighted by Gasteiger charge is 2.21. The van der Waals surface area contributed by atoms with Crippen LogP contribution in [0.2, 0.25) is 0 Å². The van der Waals surface area contributed by atoms with Gasteiger partial charge in [0.25, 0.3) is 0 Å². The normalized spacial score (nSPS) is 14.4. The number of nitrogens with zero attached hydrogens (tertiary/aromatic N) is 1. The van der Waals surface area contributed by atoms with E-state index < -0.39 is 0 Å². The van der Waals surface area contributed by atoms with Crippen LogP contribution in [0.5, 0.6) is 0 Å². The summed E-state index contributed by atoms with van der Waals surface area (Å²) in [5, 5.41) is 5.21. The number of cyclic esters (lactones) is 1. The van der Waals surface area contributed by atoms with Gasteiger partial charge in [-0.05, 0) is 0 Å². The van der Waals surface area contributed by atoms with E-state index in [0.29, 0.717) is 32.8 Å². The third-order valence-corrected chi connectivity index (χ3v) is 2.27. The predicted octanol–water partition coefficient (Wildman–Crippen LogP) is -0.919. The van der Waals surface area contributed by atoms with Crippen LogP contribution in [0.4, 0.5) is 4.79 Å². The number of carbonyl (C=O) groups is 3. The molecule has 0 aromatic rings. The van der Waals surface area contributed by atoms with Crippen LogP contribution in [-0.4, -0.2) is 55.6 Å². The molecule has 1 fully saturated rings. The summed E-state index contributed by atoms with van der Waals surface area (Å²) in [5.74, 6) is -0.269. The van der Waals surface area contributed by atoms with Crippen molar-refractivity contribution in [1.82, 2.24) is 15.5 Å². The Labute approximate surface area is 99.5 Å². The monoisotopic (exact) mass is 243 g/mol. The second-order valence-electron chi connectivity index (χ2n) is 3.68. The Balaban J connectivity index is 2.05. The number of amides is 3. The summed E-state index contributed by atoms with van der Waals surface area (Å²) in [4.78, 5) is 34.4. The quantitative estimate of drug-likeness (QED) is 0.591. The highest BCUT2D eigenvalue weighted by atomic mass is 16.6. The maximum Gasteiger partial charge on any atom is 0.409 e. The Hall–Kier alpha value is -1.79. The van der Waals surface area contributed by atoms with Gasteiger partial charge in [0.1, 0.15) is 6.61 Å². The summed E-state index contributed by atoms with van der Waals surface area (Å²) in [6, 6.07) is 0. The Morgan fingerprint density at radius 2 is 2.06 bits per heavy atom. The van der Waals surface area contributed by atoms with E-state index in [0.717, 1.165) is 0 Å². The van der Waals surface area contributed by atoms with Gasteiger partial charge in [-0.1, -0.05) is 0 Å². The van der Waals surface area contributed by atoms with Crippen molar-refractivity contribution >= 4 is 17.9 Å². The van der Waals surface area contributed by atoms with Gasteiger partial charge in [0, 0.05) is 33.0 Å². The summed E-state index contributed by atoms with van der Waals surface area (Å²) >= 11 is 0. The summed E-state index contributed by atoms with van der Waals surface area (Å²) in [5.41, 5.74) is 0. The lowest BCUT2D eigenvalue weighted by atomic mass is 10.3. The van der Waals surface area contributed by atoms with Crippen LogP contribution in [0.3, 0.4) is 0 Å². The van der Waals surface area contributed by atoms with Gasteiger partial charge in [0.05, 0.1) is 6.54 Å². The molecule has 0 aromatic carbocycles. The molecule has 1 rings (SSSR count). The smallest absolute Gasteiger partial charge is 0.409 e. The van der Waals surface area contributed by atoms with Crippen molar-refractivity contribution in [3.05, 3.63) is 0 Å². The molecule has 0 atom stereocenters. The molecular formula is C10H17N3O4. The van der Waals surface area contributed by atoms with Crippen LogP contribution >= 0.6 is 0 Å². The highest BCUT2D eigenvalue weighted by molar-refractivity contribution is 5.77. The average molecular weight is 243 g/mol. The zero-order valence-electron chi connectivity index (χ0n) is 9.82. The Kier molecular flexibility index (Phi) is 5.25. The van der Waals surface area contributed by atoms with E-state index in [4.69, 9.17) is 4.74 Å². The minimum absolute atomic E-state index is 0.126. The molecule has 0 saturated carbocycles. The number of hydrogen-bond donors (Lipinski definition) is 2. The van der Waals surface area contributed by atoms with E-state index in [9.17, 15) is 14.4 Å². The van der Waals surface area contributed by atoms with Crippen LogP contribution in [0.25, 0.3) is 0 Å². The van der Waals surface area contributed by atoms with E-state index in [2.05, 4.69) is 10.6 Å². The zero-order valence-corrected chi connectivity index (χ0v) is 9.82. The molecule has 0 radical (unpaired) electrons. The summed E-state index contributed by atoms with van der Waals surface area (Å²) in [6.45, 7) is 3.52. The van der Waals surface area contributed by atoms with E-state index in [1.807, 2.05) is 0 Å². The first-order valence-electron chi connectivity index (χ1n) is 5.52. The highest BCUT2D eigenvalue weighted by Crippen LogP contribution is 2.03. The van der Waals surface area contributed by atoms with Gasteiger partial charge in [-0.25, -0.2) is 4.79 Å². The number of hydrogen-bond acceptors (Lipinski definition) is 4. The fourth-order valence-electron chi connectivity index (χ4n) is 1.39. The largest absolute Gasteiger partial charge is 0.448 e. The molecule has 3 amide bonds. The summed E-state index contributed by atoms with van der Waals surface area (Å²) in [6.07, 6.45) is -0.120. The molecule has 1 aliphatic rings. The predicted molar refractivity (Wildman–Crippen MR) is 59.2 cm³/mol. The van der Waals surface area contributed by atoms with Crippen molar-refractivity contribution < 1.29 is 19.1 Å². The second kappa shape index (κ2) is 6.72. The van der Waals surface area contributed by atoms with Gasteiger partial charge < -0.3 is 20.3 Å². The molecule has 7 nitrogen and oxygen atoms in total. The number of carbonyl (C=O) groups excluding carboxylic acids is 3. The number of nitrogens with one attached hydrogen (secondary N) is 2. The standard InChI is InChI=1S/C10H17N3O4/c1-8(14)11-3-4-12-9(15)2-5-13-6-7-17-10(13)16/h2-7H2,1H3,(H,11,14)(H,12,15). The molecule has 0 aromatic heterocycles. The molecule has 0 aliphatic carbocycles. The van der Waals surface area contributed by atoms with Crippen molar-refractivity contribution in [3.63, 3.8) is 0 Å². The van der Waals surface area contributed by atoms with Crippen molar-refractivity contribution in [2.24, 2.45) is 0 Å². The van der Waals surface area contributed by atoms with Gasteiger partial charge in [0.15, 0.2) is 0 Å². The minimum Gasteiger partial charge on any atom is -0.448 e. The van der Waals surface area contributed by atoms with Crippen molar-refractivity contribution in [2.45, 2.75) is 13.3 Å². The summed E-state index contributed by atoms with van der Waals surface area (Å²) in [7, 11) is 0. The molecule has 0 spiro atoms. The van der Waals surface area contributed by atoms with Crippen LogP contribution in [0, 0.1) is 0 Å². The van der Waals surface area contributed by atoms with Crippen molar-refractivity contribution in [1.29, 1.82) is 0 Å². The lowest BCUT2D eigenvalue weighted by Crippen LogP contribution is -2.35. The van der Waals surface area contributed by atoms with Gasteiger partial charge in [-0.3, -0.25) is 9.59 Å². The van der Waals surface area contributed by atoms with Crippen molar-refractivity contribution in [3.8, 4) is 0 Å². The third kappa shape index (κ3) is 5.19. The Morgan fingerprint density at radius 3 is 2.65 bits per heavy atom. The van der Waals surface area contributed by atoms with E-state index in [-0.39, 0.29) is 24.3 Å². The van der Waals surface area contributed by atoms with Gasteiger partial charge in [-0.2, -0.15) is 0 Å². The average Bonchev–Trinajstić information content (AvgIpc) is 2.67. The Morgan fingerprint density at radius 1 is 1.35 bits per heavy atom. The second-order valence-corrected chi connectivity index (χ2v) is 3.68. The van der Waals surface area contributed by atoms with Gasteiger partial charge in [-0.15, -0.1) is 0 Å². The molecule has 17 heavy (non-hydrogen) atoms. The van der Waals surface area contributed by atoms with E-state index in [1.54, 1.807) is 0 Å². The fraction of sp³-hybridized carbons (Fsp3) is 0.700. The molecule has 1 heterocycles. The van der Waals surface area contributed by atoms with Crippen molar-refractivity contribution in [2.75, 3.05) is 32.8 Å². The first kappa shape index (κ1) is 13.3. The van der Waals surface area contributed by atoms with Crippen LogP contribution in [0.1, 0.15) is 13.3 Å². The molecule has 1 aliphatic heterocycles. The lowest BCUT2D eigenvalue weighted by molar-refractivity contribution is -0.122. The number of ether oxygens (including phenoxy) is 1. The summed E-state index contributed by atoms with van der Waals surface area (Å²) < 4.78 is 4.73. The van der Waals surface area contributed by atoms with E-state index in [1.165, 1.54) is 11.8 Å². The SMILES string of the molecule is CC(=O)NCCNC(=O)CCN1CCOC1=O.